The van der Waals surface area contributed by atoms with E-state index in [9.17, 15) is 4.79 Å². The van der Waals surface area contributed by atoms with Crippen molar-refractivity contribution < 1.29 is 4.79 Å². The SMILES string of the molecule is CCCCN(C)c1ccc(C(=O)N(C)CC(C)C)cc1. The van der Waals surface area contributed by atoms with Gasteiger partial charge in [-0.15, -0.1) is 0 Å². The molecule has 0 aliphatic heterocycles. The van der Waals surface area contributed by atoms with Crippen molar-refractivity contribution in [1.82, 2.24) is 4.90 Å². The molecule has 0 radical (unpaired) electrons. The van der Waals surface area contributed by atoms with Crippen molar-refractivity contribution in [2.45, 2.75) is 33.6 Å². The Kier molecular flexibility index (Phi) is 6.56. The molecule has 0 atom stereocenters. The Morgan fingerprint density at radius 3 is 2.25 bits per heavy atom. The lowest BCUT2D eigenvalue weighted by molar-refractivity contribution is 0.0779. The lowest BCUT2D eigenvalue weighted by Crippen LogP contribution is -2.30. The summed E-state index contributed by atoms with van der Waals surface area (Å²) in [5.74, 6) is 0.588. The minimum absolute atomic E-state index is 0.0986. The molecular weight excluding hydrogens is 248 g/mol. The second kappa shape index (κ2) is 7.93. The van der Waals surface area contributed by atoms with Crippen LogP contribution in [0.1, 0.15) is 44.0 Å². The number of hydrogen-bond acceptors (Lipinski definition) is 2. The highest BCUT2D eigenvalue weighted by molar-refractivity contribution is 5.94. The Morgan fingerprint density at radius 2 is 1.75 bits per heavy atom. The molecule has 0 N–H and O–H groups in total. The van der Waals surface area contributed by atoms with Crippen LogP contribution >= 0.6 is 0 Å². The maximum Gasteiger partial charge on any atom is 0.253 e. The summed E-state index contributed by atoms with van der Waals surface area (Å²) in [5.41, 5.74) is 1.93. The molecule has 0 unspecified atom stereocenters. The summed E-state index contributed by atoms with van der Waals surface area (Å²) in [6.07, 6.45) is 2.38. The van der Waals surface area contributed by atoms with E-state index < -0.39 is 0 Å². The standard InChI is InChI=1S/C17H28N2O/c1-6-7-12-18(4)16-10-8-15(9-11-16)17(20)19(5)13-14(2)3/h8-11,14H,6-7,12-13H2,1-5H3. The van der Waals surface area contributed by atoms with E-state index in [-0.39, 0.29) is 5.91 Å². The third kappa shape index (κ3) is 4.87. The van der Waals surface area contributed by atoms with Crippen LogP contribution in [0.15, 0.2) is 24.3 Å². The zero-order valence-electron chi connectivity index (χ0n) is 13.5. The van der Waals surface area contributed by atoms with Crippen molar-refractivity contribution in [1.29, 1.82) is 0 Å². The lowest BCUT2D eigenvalue weighted by Gasteiger charge is -2.21. The molecule has 0 bridgehead atoms. The van der Waals surface area contributed by atoms with Crippen LogP contribution in [-0.4, -0.2) is 38.0 Å². The Hall–Kier alpha value is -1.51. The summed E-state index contributed by atoms with van der Waals surface area (Å²) >= 11 is 0. The molecule has 0 aliphatic carbocycles. The quantitative estimate of drug-likeness (QED) is 0.759. The molecule has 0 aliphatic rings. The maximum atomic E-state index is 12.2. The third-order valence-corrected chi connectivity index (χ3v) is 3.39. The van der Waals surface area contributed by atoms with Crippen LogP contribution in [0, 0.1) is 5.92 Å². The first-order valence-electron chi connectivity index (χ1n) is 7.52. The van der Waals surface area contributed by atoms with E-state index in [1.165, 1.54) is 18.5 Å². The highest BCUT2D eigenvalue weighted by Gasteiger charge is 2.12. The summed E-state index contributed by atoms with van der Waals surface area (Å²) < 4.78 is 0. The molecule has 3 heteroatoms. The fourth-order valence-electron chi connectivity index (χ4n) is 2.23. The topological polar surface area (TPSA) is 23.6 Å². The smallest absolute Gasteiger partial charge is 0.253 e. The van der Waals surface area contributed by atoms with Crippen LogP contribution in [-0.2, 0) is 0 Å². The zero-order chi connectivity index (χ0) is 15.1. The second-order valence-electron chi connectivity index (χ2n) is 5.90. The largest absolute Gasteiger partial charge is 0.375 e. The fourth-order valence-corrected chi connectivity index (χ4v) is 2.23. The molecular formula is C17H28N2O. The van der Waals surface area contributed by atoms with E-state index in [1.807, 2.05) is 31.3 Å². The van der Waals surface area contributed by atoms with Gasteiger partial charge < -0.3 is 9.80 Å². The van der Waals surface area contributed by atoms with Crippen molar-refractivity contribution in [3.8, 4) is 0 Å². The van der Waals surface area contributed by atoms with Crippen LogP contribution in [0.2, 0.25) is 0 Å². The van der Waals surface area contributed by atoms with E-state index in [0.29, 0.717) is 5.92 Å². The normalized spacial score (nSPS) is 10.7. The van der Waals surface area contributed by atoms with Crippen LogP contribution in [0.4, 0.5) is 5.69 Å². The molecule has 0 aromatic heterocycles. The van der Waals surface area contributed by atoms with Gasteiger partial charge in [0.1, 0.15) is 0 Å². The van der Waals surface area contributed by atoms with Gasteiger partial charge >= 0.3 is 0 Å². The number of rotatable bonds is 7. The van der Waals surface area contributed by atoms with Gasteiger partial charge in [-0.25, -0.2) is 0 Å². The van der Waals surface area contributed by atoms with Crippen LogP contribution in [0.25, 0.3) is 0 Å². The molecule has 0 saturated carbocycles. The summed E-state index contributed by atoms with van der Waals surface area (Å²) in [5, 5.41) is 0. The van der Waals surface area contributed by atoms with Crippen molar-refractivity contribution in [3.63, 3.8) is 0 Å². The highest BCUT2D eigenvalue weighted by atomic mass is 16.2. The van der Waals surface area contributed by atoms with Crippen molar-refractivity contribution in [2.75, 3.05) is 32.1 Å². The second-order valence-corrected chi connectivity index (χ2v) is 5.90. The summed E-state index contributed by atoms with van der Waals surface area (Å²) in [6.45, 7) is 8.28. The van der Waals surface area contributed by atoms with Gasteiger partial charge in [-0.05, 0) is 36.6 Å². The lowest BCUT2D eigenvalue weighted by atomic mass is 10.1. The monoisotopic (exact) mass is 276 g/mol. The molecule has 0 fully saturated rings. The summed E-state index contributed by atoms with van der Waals surface area (Å²) in [7, 11) is 3.96. The maximum absolute atomic E-state index is 12.2. The third-order valence-electron chi connectivity index (χ3n) is 3.39. The molecule has 3 nitrogen and oxygen atoms in total. The predicted octanol–water partition coefficient (Wildman–Crippen LogP) is 3.65. The van der Waals surface area contributed by atoms with Gasteiger partial charge in [-0.3, -0.25) is 4.79 Å². The van der Waals surface area contributed by atoms with E-state index in [2.05, 4.69) is 32.7 Å². The van der Waals surface area contributed by atoms with Crippen LogP contribution < -0.4 is 4.90 Å². The fraction of sp³-hybridized carbons (Fsp3) is 0.588. The van der Waals surface area contributed by atoms with Gasteiger partial charge in [0.2, 0.25) is 0 Å². The molecule has 1 rings (SSSR count). The first kappa shape index (κ1) is 16.5. The van der Waals surface area contributed by atoms with E-state index in [4.69, 9.17) is 0 Å². The Morgan fingerprint density at radius 1 is 1.15 bits per heavy atom. The van der Waals surface area contributed by atoms with Gasteiger partial charge in [0.15, 0.2) is 0 Å². The first-order valence-corrected chi connectivity index (χ1v) is 7.52. The molecule has 1 amide bonds. The molecule has 1 aromatic rings. The van der Waals surface area contributed by atoms with Crippen LogP contribution in [0.3, 0.4) is 0 Å². The molecule has 20 heavy (non-hydrogen) atoms. The van der Waals surface area contributed by atoms with Gasteiger partial charge in [0, 0.05) is 38.4 Å². The minimum Gasteiger partial charge on any atom is -0.375 e. The average Bonchev–Trinajstić information content (AvgIpc) is 2.43. The minimum atomic E-state index is 0.0986. The number of hydrogen-bond donors (Lipinski definition) is 0. The number of carbonyl (C=O) groups is 1. The number of nitrogens with zero attached hydrogens (tertiary/aromatic N) is 2. The molecule has 1 aromatic carbocycles. The van der Waals surface area contributed by atoms with Gasteiger partial charge in [-0.1, -0.05) is 27.2 Å². The Labute approximate surface area is 123 Å². The van der Waals surface area contributed by atoms with Crippen molar-refractivity contribution >= 4 is 11.6 Å². The average molecular weight is 276 g/mol. The number of amides is 1. The zero-order valence-corrected chi connectivity index (χ0v) is 13.5. The van der Waals surface area contributed by atoms with Crippen molar-refractivity contribution in [3.05, 3.63) is 29.8 Å². The van der Waals surface area contributed by atoms with E-state index in [0.717, 1.165) is 18.7 Å². The van der Waals surface area contributed by atoms with Gasteiger partial charge in [0.25, 0.3) is 5.91 Å². The van der Waals surface area contributed by atoms with Crippen molar-refractivity contribution in [2.24, 2.45) is 5.92 Å². The molecule has 0 spiro atoms. The van der Waals surface area contributed by atoms with E-state index in [1.54, 1.807) is 4.90 Å². The van der Waals surface area contributed by atoms with Gasteiger partial charge in [-0.2, -0.15) is 0 Å². The summed E-state index contributed by atoms with van der Waals surface area (Å²) in [6, 6.07) is 7.92. The number of unbranched alkanes of at least 4 members (excludes halogenated alkanes) is 1. The van der Waals surface area contributed by atoms with Crippen LogP contribution in [0.5, 0.6) is 0 Å². The highest BCUT2D eigenvalue weighted by Crippen LogP contribution is 2.15. The Bertz CT molecular complexity index is 412. The molecule has 0 heterocycles. The predicted molar refractivity (Wildman–Crippen MR) is 86.4 cm³/mol. The molecule has 0 saturated heterocycles. The Balaban J connectivity index is 2.68. The number of benzene rings is 1. The van der Waals surface area contributed by atoms with Gasteiger partial charge in [0.05, 0.1) is 0 Å². The number of carbonyl (C=O) groups excluding carboxylic acids is 1. The first-order chi connectivity index (χ1) is 9.45. The number of anilines is 1. The molecule has 112 valence electrons. The summed E-state index contributed by atoms with van der Waals surface area (Å²) in [4.78, 5) is 16.3. The van der Waals surface area contributed by atoms with E-state index >= 15 is 0 Å².